The lowest BCUT2D eigenvalue weighted by Crippen LogP contribution is -2.35. The van der Waals surface area contributed by atoms with Crippen molar-refractivity contribution in [2.24, 2.45) is 11.8 Å². The lowest BCUT2D eigenvalue weighted by atomic mass is 9.98. The van der Waals surface area contributed by atoms with Crippen LogP contribution in [0, 0.1) is 11.8 Å². The number of aromatic amines is 1. The SMILES string of the molecule is CC[C@@H](C)[C@@H](NC(=O)C(C)C)c1nc2ccccc2[nH]1. The lowest BCUT2D eigenvalue weighted by Gasteiger charge is -2.23. The number of aromatic nitrogens is 2. The largest absolute Gasteiger partial charge is 0.346 e. The third kappa shape index (κ3) is 3.00. The first-order valence-corrected chi connectivity index (χ1v) is 7.28. The molecule has 2 rings (SSSR count). The van der Waals surface area contributed by atoms with Crippen LogP contribution >= 0.6 is 0 Å². The number of rotatable bonds is 5. The average Bonchev–Trinajstić information content (AvgIpc) is 2.86. The van der Waals surface area contributed by atoms with E-state index in [4.69, 9.17) is 0 Å². The summed E-state index contributed by atoms with van der Waals surface area (Å²) in [5, 5.41) is 3.11. The van der Waals surface area contributed by atoms with Gasteiger partial charge in [0.25, 0.3) is 0 Å². The normalized spacial score (nSPS) is 14.4. The fourth-order valence-electron chi connectivity index (χ4n) is 2.16. The van der Waals surface area contributed by atoms with Gasteiger partial charge in [-0.05, 0) is 18.1 Å². The Kier molecular flexibility index (Phi) is 4.42. The monoisotopic (exact) mass is 273 g/mol. The van der Waals surface area contributed by atoms with Gasteiger partial charge in [0.1, 0.15) is 5.82 Å². The molecule has 0 spiro atoms. The van der Waals surface area contributed by atoms with Gasteiger partial charge in [0, 0.05) is 5.92 Å². The number of hydrogen-bond donors (Lipinski definition) is 2. The molecule has 2 atom stereocenters. The Morgan fingerprint density at radius 3 is 2.60 bits per heavy atom. The van der Waals surface area contributed by atoms with E-state index in [9.17, 15) is 4.79 Å². The van der Waals surface area contributed by atoms with E-state index in [-0.39, 0.29) is 17.9 Å². The fraction of sp³-hybridized carbons (Fsp3) is 0.500. The van der Waals surface area contributed by atoms with E-state index in [0.717, 1.165) is 23.3 Å². The van der Waals surface area contributed by atoms with Gasteiger partial charge < -0.3 is 10.3 Å². The molecule has 4 heteroatoms. The van der Waals surface area contributed by atoms with Crippen LogP contribution in [0.15, 0.2) is 24.3 Å². The molecule has 0 bridgehead atoms. The minimum Gasteiger partial charge on any atom is -0.346 e. The van der Waals surface area contributed by atoms with Crippen LogP contribution in [-0.4, -0.2) is 15.9 Å². The second-order valence-electron chi connectivity index (χ2n) is 5.67. The van der Waals surface area contributed by atoms with E-state index in [1.165, 1.54) is 0 Å². The van der Waals surface area contributed by atoms with Crippen LogP contribution in [0.3, 0.4) is 0 Å². The molecule has 0 saturated heterocycles. The van der Waals surface area contributed by atoms with Crippen LogP contribution in [-0.2, 0) is 4.79 Å². The zero-order valence-electron chi connectivity index (χ0n) is 12.6. The van der Waals surface area contributed by atoms with Gasteiger partial charge in [-0.2, -0.15) is 0 Å². The van der Waals surface area contributed by atoms with Gasteiger partial charge in [-0.25, -0.2) is 4.98 Å². The highest BCUT2D eigenvalue weighted by Crippen LogP contribution is 2.24. The predicted octanol–water partition coefficient (Wildman–Crippen LogP) is 3.42. The number of fused-ring (bicyclic) bond motifs is 1. The maximum absolute atomic E-state index is 12.0. The maximum atomic E-state index is 12.0. The molecule has 0 saturated carbocycles. The second kappa shape index (κ2) is 6.07. The van der Waals surface area contributed by atoms with Gasteiger partial charge in [-0.3, -0.25) is 4.79 Å². The minimum absolute atomic E-state index is 0.0223. The highest BCUT2D eigenvalue weighted by Gasteiger charge is 2.24. The molecule has 0 fully saturated rings. The average molecular weight is 273 g/mol. The number of H-pyrrole nitrogens is 1. The van der Waals surface area contributed by atoms with Crippen LogP contribution in [0.1, 0.15) is 46.0 Å². The third-order valence-corrected chi connectivity index (χ3v) is 3.74. The summed E-state index contributed by atoms with van der Waals surface area (Å²) in [7, 11) is 0. The Hall–Kier alpha value is -1.84. The number of carbonyl (C=O) groups is 1. The molecule has 2 N–H and O–H groups in total. The van der Waals surface area contributed by atoms with Gasteiger partial charge >= 0.3 is 0 Å². The summed E-state index contributed by atoms with van der Waals surface area (Å²) in [4.78, 5) is 20.0. The van der Waals surface area contributed by atoms with Gasteiger partial charge in [0.05, 0.1) is 17.1 Å². The molecule has 2 aromatic rings. The number of benzene rings is 1. The standard InChI is InChI=1S/C16H23N3O/c1-5-11(4)14(19-16(20)10(2)3)15-17-12-8-6-7-9-13(12)18-15/h6-11,14H,5H2,1-4H3,(H,17,18)(H,19,20)/t11-,14-/m1/s1. The van der Waals surface area contributed by atoms with Crippen molar-refractivity contribution in [1.29, 1.82) is 0 Å². The molecule has 1 amide bonds. The minimum atomic E-state index is -0.0673. The first-order valence-electron chi connectivity index (χ1n) is 7.28. The summed E-state index contributed by atoms with van der Waals surface area (Å²) in [5.74, 6) is 1.22. The van der Waals surface area contributed by atoms with Crippen molar-refractivity contribution < 1.29 is 4.79 Å². The number of hydrogen-bond acceptors (Lipinski definition) is 2. The topological polar surface area (TPSA) is 57.8 Å². The third-order valence-electron chi connectivity index (χ3n) is 3.74. The first-order chi connectivity index (χ1) is 9.52. The van der Waals surface area contributed by atoms with E-state index >= 15 is 0 Å². The first kappa shape index (κ1) is 14.6. The highest BCUT2D eigenvalue weighted by atomic mass is 16.1. The number of nitrogens with zero attached hydrogens (tertiary/aromatic N) is 1. The van der Waals surface area contributed by atoms with Crippen LogP contribution in [0.5, 0.6) is 0 Å². The van der Waals surface area contributed by atoms with E-state index in [1.54, 1.807) is 0 Å². The van der Waals surface area contributed by atoms with Crippen LogP contribution in [0.4, 0.5) is 0 Å². The van der Waals surface area contributed by atoms with Gasteiger partial charge in [0.15, 0.2) is 0 Å². The Labute approximate surface area is 120 Å². The Morgan fingerprint density at radius 1 is 1.30 bits per heavy atom. The Bertz CT molecular complexity index is 555. The van der Waals surface area contributed by atoms with Crippen LogP contribution in [0.25, 0.3) is 11.0 Å². The van der Waals surface area contributed by atoms with Crippen LogP contribution < -0.4 is 5.32 Å². The lowest BCUT2D eigenvalue weighted by molar-refractivity contribution is -0.125. The molecule has 0 aliphatic rings. The molecule has 1 heterocycles. The quantitative estimate of drug-likeness (QED) is 0.877. The van der Waals surface area contributed by atoms with Crippen molar-refractivity contribution in [3.63, 3.8) is 0 Å². The number of nitrogens with one attached hydrogen (secondary N) is 2. The van der Waals surface area contributed by atoms with E-state index < -0.39 is 0 Å². The summed E-state index contributed by atoms with van der Waals surface area (Å²) in [5.41, 5.74) is 1.95. The molecule has 20 heavy (non-hydrogen) atoms. The molecule has 0 radical (unpaired) electrons. The Balaban J connectivity index is 2.32. The predicted molar refractivity (Wildman–Crippen MR) is 81.3 cm³/mol. The zero-order chi connectivity index (χ0) is 14.7. The van der Waals surface area contributed by atoms with Crippen molar-refractivity contribution in [1.82, 2.24) is 15.3 Å². The van der Waals surface area contributed by atoms with Gasteiger partial charge in [0.2, 0.25) is 5.91 Å². The highest BCUT2D eigenvalue weighted by molar-refractivity contribution is 5.79. The summed E-state index contributed by atoms with van der Waals surface area (Å²) in [6, 6.07) is 7.87. The van der Waals surface area contributed by atoms with E-state index in [2.05, 4.69) is 29.1 Å². The molecule has 4 nitrogen and oxygen atoms in total. The molecule has 1 aromatic heterocycles. The van der Waals surface area contributed by atoms with Crippen molar-refractivity contribution in [3.05, 3.63) is 30.1 Å². The van der Waals surface area contributed by atoms with Crippen molar-refractivity contribution in [2.45, 2.75) is 40.2 Å². The molecule has 0 aliphatic carbocycles. The van der Waals surface area contributed by atoms with E-state index in [1.807, 2.05) is 38.1 Å². The number of carbonyl (C=O) groups excluding carboxylic acids is 1. The molecular formula is C16H23N3O. The van der Waals surface area contributed by atoms with Gasteiger partial charge in [-0.1, -0.05) is 46.2 Å². The molecule has 1 aromatic carbocycles. The smallest absolute Gasteiger partial charge is 0.223 e. The summed E-state index contributed by atoms with van der Waals surface area (Å²) in [6.07, 6.45) is 0.986. The molecular weight excluding hydrogens is 250 g/mol. The zero-order valence-corrected chi connectivity index (χ0v) is 12.6. The fourth-order valence-corrected chi connectivity index (χ4v) is 2.16. The summed E-state index contributed by atoms with van der Waals surface area (Å²) in [6.45, 7) is 8.07. The van der Waals surface area contributed by atoms with Crippen molar-refractivity contribution in [2.75, 3.05) is 0 Å². The van der Waals surface area contributed by atoms with Crippen molar-refractivity contribution >= 4 is 16.9 Å². The van der Waals surface area contributed by atoms with Crippen LogP contribution in [0.2, 0.25) is 0 Å². The van der Waals surface area contributed by atoms with Gasteiger partial charge in [-0.15, -0.1) is 0 Å². The number of para-hydroxylation sites is 2. The van der Waals surface area contributed by atoms with Crippen molar-refractivity contribution in [3.8, 4) is 0 Å². The molecule has 108 valence electrons. The molecule has 0 aliphatic heterocycles. The number of amides is 1. The van der Waals surface area contributed by atoms with E-state index in [0.29, 0.717) is 5.92 Å². The summed E-state index contributed by atoms with van der Waals surface area (Å²) < 4.78 is 0. The second-order valence-corrected chi connectivity index (χ2v) is 5.67. The molecule has 0 unspecified atom stereocenters. The summed E-state index contributed by atoms with van der Waals surface area (Å²) >= 11 is 0. The Morgan fingerprint density at radius 2 is 2.00 bits per heavy atom. The number of imidazole rings is 1. The maximum Gasteiger partial charge on any atom is 0.223 e.